The van der Waals surface area contributed by atoms with Crippen molar-refractivity contribution in [3.8, 4) is 0 Å². The minimum Gasteiger partial charge on any atom is -0.480 e. The van der Waals surface area contributed by atoms with Gasteiger partial charge >= 0.3 is 5.97 Å². The van der Waals surface area contributed by atoms with Gasteiger partial charge < -0.3 is 10.4 Å². The second-order valence-corrected chi connectivity index (χ2v) is 6.36. The van der Waals surface area contributed by atoms with Crippen molar-refractivity contribution >= 4 is 23.6 Å². The monoisotopic (exact) mass is 307 g/mol. The van der Waals surface area contributed by atoms with Gasteiger partial charge in [-0.25, -0.2) is 4.79 Å². The number of carboxylic acid groups (broad SMARTS) is 1. The first-order valence-electron chi connectivity index (χ1n) is 7.27. The van der Waals surface area contributed by atoms with Gasteiger partial charge in [-0.2, -0.15) is 0 Å². The molecule has 1 aromatic rings. The Morgan fingerprint density at radius 3 is 2.14 bits per heavy atom. The minimum atomic E-state index is -1.11. The first kappa shape index (κ1) is 15.9. The molecule has 2 N–H and O–H groups in total. The number of carbonyl (C=O) groups is 2. The Balaban J connectivity index is 2.15. The number of thioether (sulfide) groups is 1. The minimum absolute atomic E-state index is 0.299. The summed E-state index contributed by atoms with van der Waals surface area (Å²) in [6, 6.07) is 7.24. The molecule has 0 atom stereocenters. The zero-order valence-corrected chi connectivity index (χ0v) is 13.0. The summed E-state index contributed by atoms with van der Waals surface area (Å²) in [6.45, 7) is 0. The van der Waals surface area contributed by atoms with E-state index in [1.54, 1.807) is 23.9 Å². The van der Waals surface area contributed by atoms with E-state index in [1.165, 1.54) is 0 Å². The van der Waals surface area contributed by atoms with Gasteiger partial charge in [-0.3, -0.25) is 4.79 Å². The molecule has 0 heterocycles. The highest BCUT2D eigenvalue weighted by atomic mass is 32.2. The molecule has 4 nitrogen and oxygen atoms in total. The van der Waals surface area contributed by atoms with E-state index >= 15 is 0 Å². The van der Waals surface area contributed by atoms with Gasteiger partial charge in [0, 0.05) is 10.5 Å². The third-order valence-electron chi connectivity index (χ3n) is 4.07. The van der Waals surface area contributed by atoms with Crippen LogP contribution in [-0.2, 0) is 4.79 Å². The average Bonchev–Trinajstić information content (AvgIpc) is 2.74. The maximum atomic E-state index is 12.4. The van der Waals surface area contributed by atoms with Crippen LogP contribution in [0.15, 0.2) is 29.2 Å². The second-order valence-electron chi connectivity index (χ2n) is 5.48. The Bertz CT molecular complexity index is 505. The number of benzene rings is 1. The van der Waals surface area contributed by atoms with E-state index in [0.29, 0.717) is 18.4 Å². The van der Waals surface area contributed by atoms with Crippen LogP contribution in [0.2, 0.25) is 0 Å². The van der Waals surface area contributed by atoms with Crippen molar-refractivity contribution in [1.29, 1.82) is 0 Å². The molecule has 1 fully saturated rings. The van der Waals surface area contributed by atoms with Crippen LogP contribution in [0.25, 0.3) is 0 Å². The third kappa shape index (κ3) is 3.79. The average molecular weight is 307 g/mol. The number of hydrogen-bond acceptors (Lipinski definition) is 3. The van der Waals surface area contributed by atoms with Crippen molar-refractivity contribution in [2.24, 2.45) is 0 Å². The van der Waals surface area contributed by atoms with E-state index in [-0.39, 0.29) is 5.91 Å². The predicted molar refractivity (Wildman–Crippen MR) is 83.8 cm³/mol. The normalized spacial score (nSPS) is 17.8. The summed E-state index contributed by atoms with van der Waals surface area (Å²) in [4.78, 5) is 25.1. The molecule has 0 unspecified atom stereocenters. The van der Waals surface area contributed by atoms with Crippen LogP contribution in [0.3, 0.4) is 0 Å². The molecule has 1 aliphatic rings. The molecule has 0 aromatic heterocycles. The molecule has 2 rings (SSSR count). The van der Waals surface area contributed by atoms with Gasteiger partial charge in [0.1, 0.15) is 5.54 Å². The lowest BCUT2D eigenvalue weighted by atomic mass is 9.90. The summed E-state index contributed by atoms with van der Waals surface area (Å²) in [6.07, 6.45) is 6.75. The maximum Gasteiger partial charge on any atom is 0.329 e. The molecule has 0 aliphatic heterocycles. The second kappa shape index (κ2) is 6.98. The number of rotatable bonds is 4. The van der Waals surface area contributed by atoms with Crippen LogP contribution in [0.1, 0.15) is 48.9 Å². The summed E-state index contributed by atoms with van der Waals surface area (Å²) in [5.41, 5.74) is -0.594. The Morgan fingerprint density at radius 2 is 1.67 bits per heavy atom. The molecular formula is C16H21NO3S. The van der Waals surface area contributed by atoms with Crippen molar-refractivity contribution in [3.05, 3.63) is 29.8 Å². The fourth-order valence-electron chi connectivity index (χ4n) is 2.76. The molecule has 1 amide bonds. The molecule has 0 bridgehead atoms. The number of hydrogen-bond donors (Lipinski definition) is 2. The molecule has 1 saturated carbocycles. The highest BCUT2D eigenvalue weighted by Gasteiger charge is 2.40. The van der Waals surface area contributed by atoms with Crippen molar-refractivity contribution in [3.63, 3.8) is 0 Å². The molecule has 1 aromatic carbocycles. The maximum absolute atomic E-state index is 12.4. The SMILES string of the molecule is CSc1ccc(C(=O)NC2(C(=O)O)CCCCCC2)cc1. The number of nitrogens with one attached hydrogen (secondary N) is 1. The Kier molecular flexibility index (Phi) is 5.28. The van der Waals surface area contributed by atoms with Crippen LogP contribution < -0.4 is 5.32 Å². The van der Waals surface area contributed by atoms with E-state index in [2.05, 4.69) is 5.32 Å². The molecule has 21 heavy (non-hydrogen) atoms. The highest BCUT2D eigenvalue weighted by molar-refractivity contribution is 7.98. The fourth-order valence-corrected chi connectivity index (χ4v) is 3.16. The summed E-state index contributed by atoms with van der Waals surface area (Å²) in [5.74, 6) is -1.22. The van der Waals surface area contributed by atoms with Gasteiger partial charge in [0.05, 0.1) is 0 Å². The van der Waals surface area contributed by atoms with Gasteiger partial charge in [-0.1, -0.05) is 25.7 Å². The van der Waals surface area contributed by atoms with Gasteiger partial charge in [-0.05, 0) is 43.4 Å². The number of carbonyl (C=O) groups excluding carboxylic acids is 1. The third-order valence-corrected chi connectivity index (χ3v) is 4.82. The number of amides is 1. The molecular weight excluding hydrogens is 286 g/mol. The first-order chi connectivity index (χ1) is 10.1. The molecule has 0 spiro atoms. The van der Waals surface area contributed by atoms with E-state index in [1.807, 2.05) is 18.4 Å². The standard InChI is InChI=1S/C16H21NO3S/c1-21-13-8-6-12(7-9-13)14(18)17-16(15(19)20)10-4-2-3-5-11-16/h6-9H,2-5,10-11H2,1H3,(H,17,18)(H,19,20). The van der Waals surface area contributed by atoms with E-state index < -0.39 is 11.5 Å². The quantitative estimate of drug-likeness (QED) is 0.661. The topological polar surface area (TPSA) is 66.4 Å². The summed E-state index contributed by atoms with van der Waals surface area (Å²) in [7, 11) is 0. The smallest absolute Gasteiger partial charge is 0.329 e. The van der Waals surface area contributed by atoms with Gasteiger partial charge in [0.25, 0.3) is 5.91 Å². The molecule has 5 heteroatoms. The van der Waals surface area contributed by atoms with Crippen molar-refractivity contribution in [1.82, 2.24) is 5.32 Å². The van der Waals surface area contributed by atoms with Crippen LogP contribution in [0.5, 0.6) is 0 Å². The summed E-state index contributed by atoms with van der Waals surface area (Å²) < 4.78 is 0. The fraction of sp³-hybridized carbons (Fsp3) is 0.500. The lowest BCUT2D eigenvalue weighted by molar-refractivity contribution is -0.145. The molecule has 1 aliphatic carbocycles. The van der Waals surface area contributed by atoms with E-state index in [0.717, 1.165) is 30.6 Å². The summed E-state index contributed by atoms with van der Waals surface area (Å²) in [5, 5.41) is 12.4. The van der Waals surface area contributed by atoms with Gasteiger partial charge in [0.15, 0.2) is 0 Å². The Hall–Kier alpha value is -1.49. The van der Waals surface area contributed by atoms with Crippen LogP contribution in [0, 0.1) is 0 Å². The zero-order valence-electron chi connectivity index (χ0n) is 12.2. The first-order valence-corrected chi connectivity index (χ1v) is 8.50. The lowest BCUT2D eigenvalue weighted by Crippen LogP contribution is -2.54. The highest BCUT2D eigenvalue weighted by Crippen LogP contribution is 2.28. The Morgan fingerprint density at radius 1 is 1.10 bits per heavy atom. The largest absolute Gasteiger partial charge is 0.480 e. The van der Waals surface area contributed by atoms with Crippen molar-refractivity contribution in [2.45, 2.75) is 49.0 Å². The lowest BCUT2D eigenvalue weighted by Gasteiger charge is -2.29. The number of carboxylic acids is 1. The van der Waals surface area contributed by atoms with E-state index in [4.69, 9.17) is 0 Å². The molecule has 114 valence electrons. The Labute approximate surface area is 129 Å². The molecule has 0 saturated heterocycles. The van der Waals surface area contributed by atoms with Crippen LogP contribution in [-0.4, -0.2) is 28.8 Å². The predicted octanol–water partition coefficient (Wildman–Crippen LogP) is 3.32. The zero-order chi connectivity index (χ0) is 15.3. The number of aliphatic carboxylic acids is 1. The van der Waals surface area contributed by atoms with Gasteiger partial charge in [0.2, 0.25) is 0 Å². The summed E-state index contributed by atoms with van der Waals surface area (Å²) >= 11 is 1.61. The van der Waals surface area contributed by atoms with E-state index in [9.17, 15) is 14.7 Å². The van der Waals surface area contributed by atoms with Crippen molar-refractivity contribution < 1.29 is 14.7 Å². The van der Waals surface area contributed by atoms with Crippen LogP contribution >= 0.6 is 11.8 Å². The van der Waals surface area contributed by atoms with Gasteiger partial charge in [-0.15, -0.1) is 11.8 Å². The van der Waals surface area contributed by atoms with Crippen LogP contribution in [0.4, 0.5) is 0 Å². The van der Waals surface area contributed by atoms with Crippen molar-refractivity contribution in [2.75, 3.05) is 6.26 Å². The molecule has 0 radical (unpaired) electrons.